The van der Waals surface area contributed by atoms with Crippen molar-refractivity contribution in [3.8, 4) is 0 Å². The van der Waals surface area contributed by atoms with Gasteiger partial charge in [-0.15, -0.1) is 0 Å². The van der Waals surface area contributed by atoms with Crippen LogP contribution < -0.4 is 0 Å². The molecule has 0 aromatic heterocycles. The Morgan fingerprint density at radius 3 is 1.94 bits per heavy atom. The number of aliphatic hydroxyl groups is 1. The van der Waals surface area contributed by atoms with Crippen LogP contribution in [0.1, 0.15) is 84.5 Å². The van der Waals surface area contributed by atoms with Gasteiger partial charge in [0.15, 0.2) is 0 Å². The molecule has 0 aromatic carbocycles. The highest BCUT2D eigenvalue weighted by Crippen LogP contribution is 2.12. The van der Waals surface area contributed by atoms with Crippen molar-refractivity contribution in [2.24, 2.45) is 0 Å². The minimum Gasteiger partial charge on any atom is -0.393 e. The zero-order chi connectivity index (χ0) is 13.5. The zero-order valence-electron chi connectivity index (χ0n) is 12.6. The first kappa shape index (κ1) is 17.9. The molecule has 0 aliphatic rings. The highest BCUT2D eigenvalue weighted by Gasteiger charge is 2.03. The van der Waals surface area contributed by atoms with E-state index in [9.17, 15) is 5.11 Å². The van der Waals surface area contributed by atoms with Crippen molar-refractivity contribution in [1.29, 1.82) is 0 Å². The number of aliphatic hydroxyl groups excluding tert-OH is 1. The average molecular weight is 258 g/mol. The third-order valence-corrected chi connectivity index (χ3v) is 3.42. The van der Waals surface area contributed by atoms with E-state index in [-0.39, 0.29) is 6.10 Å². The first-order valence-electron chi connectivity index (χ1n) is 8.07. The van der Waals surface area contributed by atoms with E-state index >= 15 is 0 Å². The molecule has 0 saturated heterocycles. The number of hydrogen-bond acceptors (Lipinski definition) is 2. The Hall–Kier alpha value is -0.0800. The summed E-state index contributed by atoms with van der Waals surface area (Å²) in [5.74, 6) is 0. The molecular formula is C16H34O2. The highest BCUT2D eigenvalue weighted by molar-refractivity contribution is 4.56. The normalized spacial score (nSPS) is 12.8. The fourth-order valence-electron chi connectivity index (χ4n) is 2.22. The number of rotatable bonds is 14. The van der Waals surface area contributed by atoms with Gasteiger partial charge in [0.1, 0.15) is 0 Å². The summed E-state index contributed by atoms with van der Waals surface area (Å²) < 4.78 is 5.26. The van der Waals surface area contributed by atoms with Crippen molar-refractivity contribution in [3.05, 3.63) is 0 Å². The van der Waals surface area contributed by atoms with E-state index in [1.807, 2.05) is 6.92 Å². The molecule has 1 N–H and O–H groups in total. The molecule has 0 heterocycles. The fraction of sp³-hybridized carbons (Fsp3) is 1.00. The predicted octanol–water partition coefficient (Wildman–Crippen LogP) is 4.69. The van der Waals surface area contributed by atoms with Crippen molar-refractivity contribution >= 4 is 0 Å². The Labute approximate surface area is 114 Å². The van der Waals surface area contributed by atoms with Crippen LogP contribution in [-0.4, -0.2) is 24.4 Å². The largest absolute Gasteiger partial charge is 0.393 e. The topological polar surface area (TPSA) is 29.5 Å². The van der Waals surface area contributed by atoms with Crippen molar-refractivity contribution in [2.75, 3.05) is 13.2 Å². The second-order valence-electron chi connectivity index (χ2n) is 5.26. The van der Waals surface area contributed by atoms with Crippen LogP contribution in [0.5, 0.6) is 0 Å². The SMILES string of the molecule is CCCCCCCCCCC(O)CCCOCC. The smallest absolute Gasteiger partial charge is 0.0541 e. The standard InChI is InChI=1S/C16H34O2/c1-3-5-6-7-8-9-10-11-13-16(17)14-12-15-18-4-2/h16-17H,3-15H2,1-2H3. The van der Waals surface area contributed by atoms with Crippen LogP contribution in [0.3, 0.4) is 0 Å². The Morgan fingerprint density at radius 1 is 0.778 bits per heavy atom. The minimum atomic E-state index is -0.106. The van der Waals surface area contributed by atoms with Gasteiger partial charge in [0, 0.05) is 13.2 Å². The monoisotopic (exact) mass is 258 g/mol. The van der Waals surface area contributed by atoms with Crippen LogP contribution in [0.4, 0.5) is 0 Å². The van der Waals surface area contributed by atoms with E-state index in [2.05, 4.69) is 6.92 Å². The number of unbranched alkanes of at least 4 members (excludes halogenated alkanes) is 7. The summed E-state index contributed by atoms with van der Waals surface area (Å²) in [6, 6.07) is 0. The molecule has 0 rings (SSSR count). The maximum atomic E-state index is 9.77. The van der Waals surface area contributed by atoms with E-state index < -0.39 is 0 Å². The van der Waals surface area contributed by atoms with E-state index in [0.717, 1.165) is 32.5 Å². The molecule has 0 bridgehead atoms. The molecule has 0 aromatic rings. The molecule has 0 aliphatic carbocycles. The minimum absolute atomic E-state index is 0.106. The molecule has 0 fully saturated rings. The van der Waals surface area contributed by atoms with Crippen LogP contribution >= 0.6 is 0 Å². The van der Waals surface area contributed by atoms with Gasteiger partial charge in [0.2, 0.25) is 0 Å². The molecule has 1 unspecified atom stereocenters. The Morgan fingerprint density at radius 2 is 1.33 bits per heavy atom. The second-order valence-corrected chi connectivity index (χ2v) is 5.26. The molecular weight excluding hydrogens is 224 g/mol. The maximum Gasteiger partial charge on any atom is 0.0541 e. The lowest BCUT2D eigenvalue weighted by atomic mass is 10.0. The average Bonchev–Trinajstić information content (AvgIpc) is 2.38. The van der Waals surface area contributed by atoms with Gasteiger partial charge in [-0.25, -0.2) is 0 Å². The van der Waals surface area contributed by atoms with Crippen LogP contribution in [-0.2, 0) is 4.74 Å². The molecule has 0 saturated carbocycles. The van der Waals surface area contributed by atoms with E-state index in [1.165, 1.54) is 51.4 Å². The Balaban J connectivity index is 3.08. The summed E-state index contributed by atoms with van der Waals surface area (Å²) in [7, 11) is 0. The zero-order valence-corrected chi connectivity index (χ0v) is 12.6. The second kappa shape index (κ2) is 15.0. The molecule has 1 atom stereocenters. The van der Waals surface area contributed by atoms with Crippen LogP contribution in [0, 0.1) is 0 Å². The molecule has 18 heavy (non-hydrogen) atoms. The van der Waals surface area contributed by atoms with Crippen molar-refractivity contribution in [1.82, 2.24) is 0 Å². The summed E-state index contributed by atoms with van der Waals surface area (Å²) in [6.07, 6.45) is 13.5. The third kappa shape index (κ3) is 14.0. The lowest BCUT2D eigenvalue weighted by Crippen LogP contribution is -2.08. The molecule has 0 radical (unpaired) electrons. The van der Waals surface area contributed by atoms with Gasteiger partial charge in [-0.2, -0.15) is 0 Å². The van der Waals surface area contributed by atoms with Crippen LogP contribution in [0.25, 0.3) is 0 Å². The third-order valence-electron chi connectivity index (χ3n) is 3.42. The van der Waals surface area contributed by atoms with Gasteiger partial charge < -0.3 is 9.84 Å². The summed E-state index contributed by atoms with van der Waals surface area (Å²) in [5, 5.41) is 9.77. The highest BCUT2D eigenvalue weighted by atomic mass is 16.5. The first-order chi connectivity index (χ1) is 8.81. The van der Waals surface area contributed by atoms with Crippen molar-refractivity contribution < 1.29 is 9.84 Å². The summed E-state index contributed by atoms with van der Waals surface area (Å²) in [4.78, 5) is 0. The Bertz CT molecular complexity index is 148. The molecule has 2 heteroatoms. The van der Waals surface area contributed by atoms with E-state index in [1.54, 1.807) is 0 Å². The van der Waals surface area contributed by atoms with Crippen molar-refractivity contribution in [3.63, 3.8) is 0 Å². The van der Waals surface area contributed by atoms with E-state index in [4.69, 9.17) is 4.74 Å². The lowest BCUT2D eigenvalue weighted by molar-refractivity contribution is 0.109. The van der Waals surface area contributed by atoms with Gasteiger partial charge >= 0.3 is 0 Å². The van der Waals surface area contributed by atoms with Gasteiger partial charge in [-0.3, -0.25) is 0 Å². The van der Waals surface area contributed by atoms with E-state index in [0.29, 0.717) is 0 Å². The summed E-state index contributed by atoms with van der Waals surface area (Å²) >= 11 is 0. The Kier molecular flexibility index (Phi) is 14.9. The molecule has 0 spiro atoms. The van der Waals surface area contributed by atoms with Gasteiger partial charge in [-0.05, 0) is 26.2 Å². The van der Waals surface area contributed by atoms with Gasteiger partial charge in [0.05, 0.1) is 6.10 Å². The quantitative estimate of drug-likeness (QED) is 0.458. The first-order valence-corrected chi connectivity index (χ1v) is 8.07. The molecule has 110 valence electrons. The lowest BCUT2D eigenvalue weighted by Gasteiger charge is -2.10. The van der Waals surface area contributed by atoms with Gasteiger partial charge in [-0.1, -0.05) is 58.3 Å². The fourth-order valence-corrected chi connectivity index (χ4v) is 2.22. The summed E-state index contributed by atoms with van der Waals surface area (Å²) in [6.45, 7) is 5.85. The number of ether oxygens (including phenoxy) is 1. The summed E-state index contributed by atoms with van der Waals surface area (Å²) in [5.41, 5.74) is 0. The maximum absolute atomic E-state index is 9.77. The molecule has 0 amide bonds. The van der Waals surface area contributed by atoms with Gasteiger partial charge in [0.25, 0.3) is 0 Å². The molecule has 2 nitrogen and oxygen atoms in total. The predicted molar refractivity (Wildman–Crippen MR) is 79.0 cm³/mol. The molecule has 0 aliphatic heterocycles. The number of hydrogen-bond donors (Lipinski definition) is 1. The van der Waals surface area contributed by atoms with Crippen LogP contribution in [0.15, 0.2) is 0 Å². The van der Waals surface area contributed by atoms with Crippen LogP contribution in [0.2, 0.25) is 0 Å². The van der Waals surface area contributed by atoms with Crippen molar-refractivity contribution in [2.45, 2.75) is 90.6 Å².